The van der Waals surface area contributed by atoms with Crippen molar-refractivity contribution in [3.63, 3.8) is 0 Å². The molecule has 0 aromatic carbocycles. The number of rotatable bonds is 11. The fraction of sp³-hybridized carbons (Fsp3) is 0.783. The SMILES string of the molecule is CC#CCCCC=C[C@H]1CCC[C@@H]1CCCCCC1(C(=O)O)CCC1. The van der Waals surface area contributed by atoms with Gasteiger partial charge in [0.2, 0.25) is 0 Å². The summed E-state index contributed by atoms with van der Waals surface area (Å²) in [5, 5.41) is 9.38. The Balaban J connectivity index is 1.58. The summed E-state index contributed by atoms with van der Waals surface area (Å²) in [6.45, 7) is 1.91. The van der Waals surface area contributed by atoms with Gasteiger partial charge in [-0.25, -0.2) is 0 Å². The van der Waals surface area contributed by atoms with E-state index in [-0.39, 0.29) is 5.41 Å². The molecule has 2 rings (SSSR count). The first-order chi connectivity index (χ1) is 12.2. The van der Waals surface area contributed by atoms with Crippen molar-refractivity contribution in [2.45, 2.75) is 96.8 Å². The zero-order valence-corrected chi connectivity index (χ0v) is 16.1. The monoisotopic (exact) mass is 344 g/mol. The maximum absolute atomic E-state index is 11.4. The van der Waals surface area contributed by atoms with Crippen LogP contribution in [0.1, 0.15) is 96.8 Å². The highest BCUT2D eigenvalue weighted by Gasteiger charge is 2.43. The van der Waals surface area contributed by atoms with Crippen LogP contribution in [0, 0.1) is 29.1 Å². The molecular formula is C23H36O2. The van der Waals surface area contributed by atoms with Crippen LogP contribution in [0.5, 0.6) is 0 Å². The minimum Gasteiger partial charge on any atom is -0.481 e. The second-order valence-electron chi connectivity index (χ2n) is 8.14. The van der Waals surface area contributed by atoms with Crippen LogP contribution in [0.2, 0.25) is 0 Å². The second kappa shape index (κ2) is 10.7. The molecule has 0 heterocycles. The van der Waals surface area contributed by atoms with Crippen molar-refractivity contribution in [1.29, 1.82) is 0 Å². The first-order valence-corrected chi connectivity index (χ1v) is 10.5. The summed E-state index contributed by atoms with van der Waals surface area (Å²) < 4.78 is 0. The Labute approximate surface area is 154 Å². The summed E-state index contributed by atoms with van der Waals surface area (Å²) in [5.41, 5.74) is -0.346. The third-order valence-electron chi connectivity index (χ3n) is 6.45. The van der Waals surface area contributed by atoms with Gasteiger partial charge in [-0.15, -0.1) is 11.8 Å². The van der Waals surface area contributed by atoms with Crippen molar-refractivity contribution in [1.82, 2.24) is 0 Å². The maximum Gasteiger partial charge on any atom is 0.309 e. The zero-order chi connectivity index (χ0) is 18.0. The van der Waals surface area contributed by atoms with Gasteiger partial charge in [-0.2, -0.15) is 0 Å². The molecule has 0 unspecified atom stereocenters. The van der Waals surface area contributed by atoms with Crippen molar-refractivity contribution in [3.05, 3.63) is 12.2 Å². The summed E-state index contributed by atoms with van der Waals surface area (Å²) in [6.07, 6.45) is 21.1. The molecule has 2 heteroatoms. The number of aliphatic carboxylic acids is 1. The van der Waals surface area contributed by atoms with Gasteiger partial charge in [0.15, 0.2) is 0 Å². The fourth-order valence-corrected chi connectivity index (χ4v) is 4.60. The molecule has 2 fully saturated rings. The molecule has 0 bridgehead atoms. The summed E-state index contributed by atoms with van der Waals surface area (Å²) >= 11 is 0. The summed E-state index contributed by atoms with van der Waals surface area (Å²) in [5.74, 6) is 7.19. The number of carbonyl (C=O) groups is 1. The number of allylic oxidation sites excluding steroid dienone is 2. The highest BCUT2D eigenvalue weighted by atomic mass is 16.4. The van der Waals surface area contributed by atoms with E-state index in [1.54, 1.807) is 0 Å². The molecule has 0 saturated heterocycles. The second-order valence-corrected chi connectivity index (χ2v) is 8.14. The normalized spacial score (nSPS) is 24.7. The molecule has 0 spiro atoms. The molecule has 2 saturated carbocycles. The van der Waals surface area contributed by atoms with Crippen molar-refractivity contribution in [2.75, 3.05) is 0 Å². The summed E-state index contributed by atoms with van der Waals surface area (Å²) in [7, 11) is 0. The molecule has 0 aliphatic heterocycles. The highest BCUT2D eigenvalue weighted by molar-refractivity contribution is 5.75. The van der Waals surface area contributed by atoms with Crippen LogP contribution in [0.3, 0.4) is 0 Å². The lowest BCUT2D eigenvalue weighted by molar-refractivity contribution is -0.155. The van der Waals surface area contributed by atoms with Crippen LogP contribution in [-0.2, 0) is 4.79 Å². The average Bonchev–Trinajstić information content (AvgIpc) is 2.99. The predicted octanol–water partition coefficient (Wildman–Crippen LogP) is 6.36. The molecular weight excluding hydrogens is 308 g/mol. The zero-order valence-electron chi connectivity index (χ0n) is 16.1. The molecule has 2 aliphatic carbocycles. The van der Waals surface area contributed by atoms with Crippen molar-refractivity contribution in [2.24, 2.45) is 17.3 Å². The molecule has 2 nitrogen and oxygen atoms in total. The van der Waals surface area contributed by atoms with Gasteiger partial charge in [0.1, 0.15) is 0 Å². The lowest BCUT2D eigenvalue weighted by atomic mass is 9.66. The van der Waals surface area contributed by atoms with E-state index < -0.39 is 5.97 Å². The van der Waals surface area contributed by atoms with Crippen molar-refractivity contribution in [3.8, 4) is 11.8 Å². The first-order valence-electron chi connectivity index (χ1n) is 10.5. The molecule has 2 atom stereocenters. The van der Waals surface area contributed by atoms with Crippen LogP contribution in [0.25, 0.3) is 0 Å². The molecule has 1 N–H and O–H groups in total. The van der Waals surface area contributed by atoms with Crippen LogP contribution < -0.4 is 0 Å². The van der Waals surface area contributed by atoms with E-state index in [1.165, 1.54) is 44.9 Å². The van der Waals surface area contributed by atoms with Crippen LogP contribution >= 0.6 is 0 Å². The molecule has 140 valence electrons. The molecule has 0 aromatic heterocycles. The quantitative estimate of drug-likeness (QED) is 0.269. The first kappa shape index (κ1) is 20.1. The largest absolute Gasteiger partial charge is 0.481 e. The average molecular weight is 345 g/mol. The third-order valence-corrected chi connectivity index (χ3v) is 6.45. The summed E-state index contributed by atoms with van der Waals surface area (Å²) in [6, 6.07) is 0. The lowest BCUT2D eigenvalue weighted by Crippen LogP contribution is -2.37. The van der Waals surface area contributed by atoms with Gasteiger partial charge in [-0.1, -0.05) is 44.3 Å². The fourth-order valence-electron chi connectivity index (χ4n) is 4.60. The van der Waals surface area contributed by atoms with Crippen molar-refractivity contribution >= 4 is 5.97 Å². The predicted molar refractivity (Wildman–Crippen MR) is 104 cm³/mol. The Hall–Kier alpha value is -1.23. The third kappa shape index (κ3) is 6.21. The molecule has 25 heavy (non-hydrogen) atoms. The standard InChI is InChI=1S/C23H36O2/c1-2-3-4-5-6-8-13-20-15-11-16-21(20)14-9-7-10-17-23(22(24)25)18-12-19-23/h8,13,20-21H,4-7,9-12,14-19H2,1H3,(H,24,25)/t20-,21-/m0/s1. The molecule has 2 aliphatic rings. The van der Waals surface area contributed by atoms with Gasteiger partial charge in [-0.05, 0) is 70.1 Å². The Morgan fingerprint density at radius 3 is 2.68 bits per heavy atom. The number of carboxylic acids is 1. The minimum absolute atomic E-state index is 0.346. The molecule has 0 radical (unpaired) electrons. The topological polar surface area (TPSA) is 37.3 Å². The Morgan fingerprint density at radius 2 is 2.00 bits per heavy atom. The van der Waals surface area contributed by atoms with Crippen LogP contribution in [0.4, 0.5) is 0 Å². The van der Waals surface area contributed by atoms with Crippen LogP contribution in [-0.4, -0.2) is 11.1 Å². The Bertz CT molecular complexity index is 490. The van der Waals surface area contributed by atoms with E-state index in [9.17, 15) is 9.90 Å². The van der Waals surface area contributed by atoms with E-state index in [0.29, 0.717) is 0 Å². The van der Waals surface area contributed by atoms with Gasteiger partial charge < -0.3 is 5.11 Å². The van der Waals surface area contributed by atoms with E-state index in [2.05, 4.69) is 24.0 Å². The number of hydrogen-bond donors (Lipinski definition) is 1. The van der Waals surface area contributed by atoms with E-state index in [0.717, 1.165) is 56.8 Å². The van der Waals surface area contributed by atoms with Gasteiger partial charge in [0.05, 0.1) is 5.41 Å². The van der Waals surface area contributed by atoms with E-state index >= 15 is 0 Å². The van der Waals surface area contributed by atoms with E-state index in [4.69, 9.17) is 0 Å². The van der Waals surface area contributed by atoms with Gasteiger partial charge in [0, 0.05) is 6.42 Å². The highest BCUT2D eigenvalue weighted by Crippen LogP contribution is 2.45. The Morgan fingerprint density at radius 1 is 1.16 bits per heavy atom. The van der Waals surface area contributed by atoms with Crippen molar-refractivity contribution < 1.29 is 9.90 Å². The maximum atomic E-state index is 11.4. The van der Waals surface area contributed by atoms with Gasteiger partial charge in [-0.3, -0.25) is 4.79 Å². The van der Waals surface area contributed by atoms with Crippen LogP contribution in [0.15, 0.2) is 12.2 Å². The van der Waals surface area contributed by atoms with Gasteiger partial charge in [0.25, 0.3) is 0 Å². The van der Waals surface area contributed by atoms with Gasteiger partial charge >= 0.3 is 5.97 Å². The smallest absolute Gasteiger partial charge is 0.309 e. The number of hydrogen-bond acceptors (Lipinski definition) is 1. The molecule has 0 aromatic rings. The summed E-state index contributed by atoms with van der Waals surface area (Å²) in [4.78, 5) is 11.4. The molecule has 0 amide bonds. The number of unbranched alkanes of at least 4 members (excludes halogenated alkanes) is 4. The number of carboxylic acid groups (broad SMARTS) is 1. The minimum atomic E-state index is -0.551. The van der Waals surface area contributed by atoms with E-state index in [1.807, 2.05) is 6.92 Å². The Kier molecular flexibility index (Phi) is 8.59. The lowest BCUT2D eigenvalue weighted by Gasteiger charge is -2.37.